The van der Waals surface area contributed by atoms with Crippen LogP contribution in [-0.2, 0) is 0 Å². The van der Waals surface area contributed by atoms with E-state index in [1.807, 2.05) is 6.34 Å². The Bertz CT molecular complexity index is 151. The zero-order chi connectivity index (χ0) is 7.78. The predicted molar refractivity (Wildman–Crippen MR) is 29.1 cm³/mol. The van der Waals surface area contributed by atoms with Crippen molar-refractivity contribution in [2.75, 3.05) is 0 Å². The third-order valence-electron chi connectivity index (χ3n) is 1.01. The normalized spacial score (nSPS) is 26.0. The highest BCUT2D eigenvalue weighted by Gasteiger charge is 2.39. The molecule has 0 aliphatic carbocycles. The van der Waals surface area contributed by atoms with Crippen molar-refractivity contribution in [3.05, 3.63) is 6.54 Å². The van der Waals surface area contributed by atoms with Crippen LogP contribution < -0.4 is 0 Å². The van der Waals surface area contributed by atoms with Crippen molar-refractivity contribution in [3.63, 3.8) is 0 Å². The summed E-state index contributed by atoms with van der Waals surface area (Å²) in [6.07, 6.45) is -2.54. The third-order valence-corrected chi connectivity index (χ3v) is 1.01. The highest BCUT2D eigenvalue weighted by molar-refractivity contribution is 5.59. The summed E-state index contributed by atoms with van der Waals surface area (Å²) in [4.78, 5) is 3.41. The van der Waals surface area contributed by atoms with Crippen molar-refractivity contribution in [2.45, 2.75) is 19.3 Å². The second kappa shape index (κ2) is 2.14. The first kappa shape index (κ1) is 7.37. The van der Waals surface area contributed by atoms with Crippen molar-refractivity contribution in [1.82, 2.24) is 4.90 Å². The first-order valence-electron chi connectivity index (χ1n) is 2.66. The molecule has 1 atom stereocenters. The van der Waals surface area contributed by atoms with Gasteiger partial charge in [0.05, 0.1) is 12.6 Å². The van der Waals surface area contributed by atoms with E-state index in [1.165, 1.54) is 0 Å². The maximum atomic E-state index is 11.7. The summed E-state index contributed by atoms with van der Waals surface area (Å²) in [5.41, 5.74) is 0. The molecule has 2 radical (unpaired) electrons. The van der Waals surface area contributed by atoms with Crippen LogP contribution in [0.15, 0.2) is 4.99 Å². The van der Waals surface area contributed by atoms with Crippen LogP contribution in [0, 0.1) is 6.54 Å². The van der Waals surface area contributed by atoms with Gasteiger partial charge in [0, 0.05) is 0 Å². The van der Waals surface area contributed by atoms with Crippen LogP contribution in [0.2, 0.25) is 0 Å². The number of hydrogen-bond acceptors (Lipinski definition) is 2. The number of hydrogen-bond donors (Lipinski definition) is 0. The fourth-order valence-electron chi connectivity index (χ4n) is 0.577. The number of aliphatic imine (C=N–C) groups is 1. The Morgan fingerprint density at radius 1 is 1.60 bits per heavy atom. The summed E-state index contributed by atoms with van der Waals surface area (Å²) in [6, 6.07) is -0.415. The Morgan fingerprint density at radius 2 is 2.20 bits per heavy atom. The Hall–Kier alpha value is -0.740. The van der Waals surface area contributed by atoms with Crippen LogP contribution in [0.5, 0.6) is 0 Å². The quantitative estimate of drug-likeness (QED) is 0.475. The van der Waals surface area contributed by atoms with Gasteiger partial charge in [0.1, 0.15) is 0 Å². The lowest BCUT2D eigenvalue weighted by Crippen LogP contribution is -2.33. The number of nitrogens with zero attached hydrogens (tertiary/aromatic N) is 2. The molecular weight excluding hydrogens is 145 g/mol. The van der Waals surface area contributed by atoms with Gasteiger partial charge in [-0.1, -0.05) is 0 Å². The smallest absolute Gasteiger partial charge is 0.260 e. The Kier molecular flexibility index (Phi) is 1.58. The summed E-state index contributed by atoms with van der Waals surface area (Å²) < 4.78 is 35.1. The number of alkyl halides is 3. The lowest BCUT2D eigenvalue weighted by Gasteiger charge is -2.16. The molecule has 1 unspecified atom stereocenters. The molecule has 10 heavy (non-hydrogen) atoms. The fourth-order valence-corrected chi connectivity index (χ4v) is 0.577. The first-order chi connectivity index (χ1) is 4.50. The lowest BCUT2D eigenvalue weighted by atomic mass is 10.4. The van der Waals surface area contributed by atoms with Gasteiger partial charge in [-0.15, -0.1) is 0 Å². The second-order valence-electron chi connectivity index (χ2n) is 1.96. The third kappa shape index (κ3) is 1.40. The number of rotatable bonds is 0. The minimum Gasteiger partial charge on any atom is -0.260 e. The summed E-state index contributed by atoms with van der Waals surface area (Å²) in [5.74, 6) is 0. The molecule has 0 spiro atoms. The molecule has 0 fully saturated rings. The van der Waals surface area contributed by atoms with E-state index in [2.05, 4.69) is 4.99 Å². The summed E-state index contributed by atoms with van der Waals surface area (Å²) in [5, 5.41) is 0. The zero-order valence-electron chi connectivity index (χ0n) is 5.18. The summed E-state index contributed by atoms with van der Waals surface area (Å²) >= 11 is 0. The largest absolute Gasteiger partial charge is 0.486 e. The molecule has 2 nitrogen and oxygen atoms in total. The van der Waals surface area contributed by atoms with E-state index in [-0.39, 0.29) is 4.90 Å². The van der Waals surface area contributed by atoms with E-state index in [0.29, 0.717) is 0 Å². The molecule has 0 saturated carbocycles. The Balaban J connectivity index is 2.55. The molecule has 56 valence electrons. The fraction of sp³-hybridized carbons (Fsp3) is 0.600. The van der Waals surface area contributed by atoms with Gasteiger partial charge in [0.15, 0.2) is 6.34 Å². The van der Waals surface area contributed by atoms with Crippen LogP contribution in [-0.4, -0.2) is 23.6 Å². The molecule has 0 aromatic rings. The van der Waals surface area contributed by atoms with E-state index in [4.69, 9.17) is 0 Å². The van der Waals surface area contributed by atoms with Crippen LogP contribution in [0.3, 0.4) is 0 Å². The van der Waals surface area contributed by atoms with Crippen LogP contribution in [0.4, 0.5) is 13.2 Å². The molecule has 0 aromatic heterocycles. The standard InChI is InChI=1S/C5H5F3N2/c1-4-2-10(3-9-4)5(6,7)8/h2,4H,1H3. The molecule has 1 aliphatic rings. The van der Waals surface area contributed by atoms with Gasteiger partial charge in [-0.3, -0.25) is 9.89 Å². The maximum absolute atomic E-state index is 11.7. The van der Waals surface area contributed by atoms with Gasteiger partial charge < -0.3 is 0 Å². The highest BCUT2D eigenvalue weighted by atomic mass is 19.4. The van der Waals surface area contributed by atoms with Crippen molar-refractivity contribution in [2.24, 2.45) is 4.99 Å². The molecule has 1 aliphatic heterocycles. The predicted octanol–water partition coefficient (Wildman–Crippen LogP) is 1.28. The van der Waals surface area contributed by atoms with Crippen molar-refractivity contribution in [1.29, 1.82) is 0 Å². The first-order valence-corrected chi connectivity index (χ1v) is 2.66. The average molecular weight is 150 g/mol. The Morgan fingerprint density at radius 3 is 2.40 bits per heavy atom. The topological polar surface area (TPSA) is 15.6 Å². The monoisotopic (exact) mass is 150 g/mol. The van der Waals surface area contributed by atoms with Crippen molar-refractivity contribution >= 4 is 6.34 Å². The molecule has 0 amide bonds. The van der Waals surface area contributed by atoms with E-state index < -0.39 is 12.3 Å². The van der Waals surface area contributed by atoms with E-state index >= 15 is 0 Å². The van der Waals surface area contributed by atoms with E-state index in [9.17, 15) is 13.2 Å². The van der Waals surface area contributed by atoms with Crippen LogP contribution in [0.1, 0.15) is 6.92 Å². The van der Waals surface area contributed by atoms with Gasteiger partial charge in [-0.05, 0) is 6.92 Å². The molecule has 0 N–H and O–H groups in total. The summed E-state index contributed by atoms with van der Waals surface area (Å²) in [6.45, 7) is 2.51. The Labute approximate surface area is 56.3 Å². The van der Waals surface area contributed by atoms with Gasteiger partial charge in [0.25, 0.3) is 0 Å². The van der Waals surface area contributed by atoms with Crippen LogP contribution >= 0.6 is 0 Å². The highest BCUT2D eigenvalue weighted by Crippen LogP contribution is 2.24. The molecule has 0 saturated heterocycles. The molecule has 0 bridgehead atoms. The van der Waals surface area contributed by atoms with Gasteiger partial charge in [-0.2, -0.15) is 13.2 Å². The second-order valence-corrected chi connectivity index (χ2v) is 1.96. The van der Waals surface area contributed by atoms with Crippen LogP contribution in [0.25, 0.3) is 0 Å². The maximum Gasteiger partial charge on any atom is 0.486 e. The lowest BCUT2D eigenvalue weighted by molar-refractivity contribution is -0.205. The minimum absolute atomic E-state index is 0.0255. The minimum atomic E-state index is -4.37. The number of halogens is 3. The zero-order valence-corrected chi connectivity index (χ0v) is 5.18. The SMILES string of the molecule is CC1[CH]N(C(F)(F)F)[C]=N1. The van der Waals surface area contributed by atoms with Crippen molar-refractivity contribution < 1.29 is 13.2 Å². The molecular formula is C5H5F3N2. The van der Waals surface area contributed by atoms with E-state index in [0.717, 1.165) is 6.54 Å². The van der Waals surface area contributed by atoms with Gasteiger partial charge >= 0.3 is 6.30 Å². The van der Waals surface area contributed by atoms with Gasteiger partial charge in [0.2, 0.25) is 0 Å². The molecule has 5 heteroatoms. The molecule has 1 rings (SSSR count). The molecule has 0 aromatic carbocycles. The van der Waals surface area contributed by atoms with Crippen molar-refractivity contribution in [3.8, 4) is 0 Å². The van der Waals surface area contributed by atoms with E-state index in [1.54, 1.807) is 6.92 Å². The summed E-state index contributed by atoms with van der Waals surface area (Å²) in [7, 11) is 0. The average Bonchev–Trinajstić information content (AvgIpc) is 2.11. The molecule has 1 heterocycles. The van der Waals surface area contributed by atoms with Gasteiger partial charge in [-0.25, -0.2) is 0 Å².